The van der Waals surface area contributed by atoms with Gasteiger partial charge in [-0.2, -0.15) is 5.10 Å². The van der Waals surface area contributed by atoms with E-state index in [0.29, 0.717) is 16.3 Å². The van der Waals surface area contributed by atoms with Crippen LogP contribution in [0.15, 0.2) is 30.5 Å². The quantitative estimate of drug-likeness (QED) is 0.938. The molecule has 1 unspecified atom stereocenters. The molecule has 1 amide bonds. The van der Waals surface area contributed by atoms with Gasteiger partial charge in [-0.1, -0.05) is 23.7 Å². The first-order valence-electron chi connectivity index (χ1n) is 6.64. The van der Waals surface area contributed by atoms with Crippen molar-refractivity contribution in [2.45, 2.75) is 19.9 Å². The Morgan fingerprint density at radius 1 is 1.36 bits per heavy atom. The third kappa shape index (κ3) is 2.96. The molecule has 1 aromatic carbocycles. The van der Waals surface area contributed by atoms with Crippen molar-refractivity contribution < 1.29 is 14.7 Å². The zero-order chi connectivity index (χ0) is 16.4. The average Bonchev–Trinajstić information content (AvgIpc) is 2.87. The van der Waals surface area contributed by atoms with Crippen LogP contribution in [-0.2, 0) is 4.79 Å². The van der Waals surface area contributed by atoms with E-state index in [1.807, 2.05) is 6.07 Å². The fourth-order valence-electron chi connectivity index (χ4n) is 1.94. The summed E-state index contributed by atoms with van der Waals surface area (Å²) in [6.07, 6.45) is 1.69. The van der Waals surface area contributed by atoms with Crippen LogP contribution in [0.4, 0.5) is 0 Å². The first-order valence-corrected chi connectivity index (χ1v) is 7.02. The number of amides is 1. The number of carboxylic acids is 1. The molecule has 0 bridgehead atoms. The summed E-state index contributed by atoms with van der Waals surface area (Å²) in [5.74, 6) is -1.52. The fourth-order valence-corrected chi connectivity index (χ4v) is 2.16. The molecule has 22 heavy (non-hydrogen) atoms. The SMILES string of the molecule is Cc1cn(-c2ccccc2Cl)nc1C(=O)N(C)C(C)C(=O)O. The van der Waals surface area contributed by atoms with Crippen molar-refractivity contribution in [3.63, 3.8) is 0 Å². The van der Waals surface area contributed by atoms with Gasteiger partial charge in [-0.25, -0.2) is 9.48 Å². The van der Waals surface area contributed by atoms with Crippen molar-refractivity contribution >= 4 is 23.5 Å². The summed E-state index contributed by atoms with van der Waals surface area (Å²) in [6.45, 7) is 3.19. The Balaban J connectivity index is 2.37. The number of aliphatic carboxylic acids is 1. The van der Waals surface area contributed by atoms with E-state index in [9.17, 15) is 9.59 Å². The molecule has 2 rings (SSSR count). The molecule has 1 heterocycles. The number of aromatic nitrogens is 2. The summed E-state index contributed by atoms with van der Waals surface area (Å²) in [6, 6.07) is 6.20. The lowest BCUT2D eigenvalue weighted by molar-refractivity contribution is -0.141. The van der Waals surface area contributed by atoms with Crippen molar-refractivity contribution in [3.05, 3.63) is 46.7 Å². The van der Waals surface area contributed by atoms with Crippen molar-refractivity contribution in [3.8, 4) is 5.69 Å². The van der Waals surface area contributed by atoms with Crippen LogP contribution >= 0.6 is 11.6 Å². The molecule has 0 fully saturated rings. The Bertz CT molecular complexity index is 727. The number of aryl methyl sites for hydroxylation is 1. The van der Waals surface area contributed by atoms with Crippen LogP contribution in [0.3, 0.4) is 0 Å². The van der Waals surface area contributed by atoms with Gasteiger partial charge >= 0.3 is 5.97 Å². The third-order valence-electron chi connectivity index (χ3n) is 3.46. The molecule has 1 N–H and O–H groups in total. The molecule has 2 aromatic rings. The standard InChI is InChI=1S/C15H16ClN3O3/c1-9-8-19(12-7-5-4-6-11(12)16)17-13(9)14(20)18(3)10(2)15(21)22/h4-8,10H,1-3H3,(H,21,22). The topological polar surface area (TPSA) is 75.4 Å². The number of para-hydroxylation sites is 1. The number of carbonyl (C=O) groups is 2. The molecule has 0 aliphatic heterocycles. The lowest BCUT2D eigenvalue weighted by Gasteiger charge is -2.20. The Kier molecular flexibility index (Phi) is 4.51. The Morgan fingerprint density at radius 3 is 2.59 bits per heavy atom. The summed E-state index contributed by atoms with van der Waals surface area (Å²) in [7, 11) is 1.44. The van der Waals surface area contributed by atoms with Gasteiger partial charge < -0.3 is 10.0 Å². The van der Waals surface area contributed by atoms with Crippen LogP contribution in [0.2, 0.25) is 5.02 Å². The highest BCUT2D eigenvalue weighted by atomic mass is 35.5. The molecule has 0 radical (unpaired) electrons. The number of hydrogen-bond acceptors (Lipinski definition) is 3. The molecule has 0 aliphatic rings. The van der Waals surface area contributed by atoms with E-state index >= 15 is 0 Å². The summed E-state index contributed by atoms with van der Waals surface area (Å²) in [5, 5.41) is 13.8. The van der Waals surface area contributed by atoms with Gasteiger partial charge in [-0.05, 0) is 26.0 Å². The van der Waals surface area contributed by atoms with Crippen molar-refractivity contribution in [2.75, 3.05) is 7.05 Å². The fraction of sp³-hybridized carbons (Fsp3) is 0.267. The van der Waals surface area contributed by atoms with Crippen LogP contribution < -0.4 is 0 Å². The largest absolute Gasteiger partial charge is 0.480 e. The number of likely N-dealkylation sites (N-methyl/N-ethyl adjacent to an activating group) is 1. The molecule has 1 aromatic heterocycles. The minimum atomic E-state index is -1.07. The van der Waals surface area contributed by atoms with Crippen molar-refractivity contribution in [2.24, 2.45) is 0 Å². The Labute approximate surface area is 132 Å². The smallest absolute Gasteiger partial charge is 0.326 e. The predicted octanol–water partition coefficient (Wildman–Crippen LogP) is 2.38. The van der Waals surface area contributed by atoms with Gasteiger partial charge in [0.2, 0.25) is 0 Å². The van der Waals surface area contributed by atoms with E-state index < -0.39 is 17.9 Å². The van der Waals surface area contributed by atoms with E-state index in [0.717, 1.165) is 4.90 Å². The van der Waals surface area contributed by atoms with Gasteiger partial charge in [0.25, 0.3) is 5.91 Å². The molecular formula is C15H16ClN3O3. The molecule has 0 saturated heterocycles. The average molecular weight is 322 g/mol. The zero-order valence-electron chi connectivity index (χ0n) is 12.4. The summed E-state index contributed by atoms with van der Waals surface area (Å²) < 4.78 is 1.52. The number of benzene rings is 1. The summed E-state index contributed by atoms with van der Waals surface area (Å²) in [5.41, 5.74) is 1.50. The number of nitrogens with zero attached hydrogens (tertiary/aromatic N) is 3. The second kappa shape index (κ2) is 6.19. The van der Waals surface area contributed by atoms with Crippen LogP contribution in [0, 0.1) is 6.92 Å². The van der Waals surface area contributed by atoms with Crippen LogP contribution in [-0.4, -0.2) is 44.8 Å². The number of carbonyl (C=O) groups excluding carboxylic acids is 1. The normalized spacial score (nSPS) is 12.0. The van der Waals surface area contributed by atoms with Crippen LogP contribution in [0.25, 0.3) is 5.69 Å². The predicted molar refractivity (Wildman–Crippen MR) is 82.5 cm³/mol. The second-order valence-electron chi connectivity index (χ2n) is 4.99. The van der Waals surface area contributed by atoms with Crippen molar-refractivity contribution in [1.82, 2.24) is 14.7 Å². The second-order valence-corrected chi connectivity index (χ2v) is 5.39. The van der Waals surface area contributed by atoms with Crippen molar-refractivity contribution in [1.29, 1.82) is 0 Å². The van der Waals surface area contributed by atoms with Crippen LogP contribution in [0.1, 0.15) is 23.0 Å². The Morgan fingerprint density at radius 2 is 2.00 bits per heavy atom. The number of hydrogen-bond donors (Lipinski definition) is 1. The Hall–Kier alpha value is -2.34. The van der Waals surface area contributed by atoms with E-state index in [-0.39, 0.29) is 5.69 Å². The van der Waals surface area contributed by atoms with E-state index in [1.54, 1.807) is 31.3 Å². The maximum Gasteiger partial charge on any atom is 0.326 e. The lowest BCUT2D eigenvalue weighted by Crippen LogP contribution is -2.40. The molecule has 7 heteroatoms. The summed E-state index contributed by atoms with van der Waals surface area (Å²) >= 11 is 6.12. The first-order chi connectivity index (χ1) is 10.3. The number of halogens is 1. The lowest BCUT2D eigenvalue weighted by atomic mass is 10.2. The zero-order valence-corrected chi connectivity index (χ0v) is 13.2. The van der Waals surface area contributed by atoms with E-state index in [1.165, 1.54) is 18.7 Å². The number of carboxylic acid groups (broad SMARTS) is 1. The van der Waals surface area contributed by atoms with E-state index in [2.05, 4.69) is 5.10 Å². The molecule has 1 atom stereocenters. The molecule has 6 nitrogen and oxygen atoms in total. The minimum absolute atomic E-state index is 0.204. The highest BCUT2D eigenvalue weighted by molar-refractivity contribution is 6.32. The maximum atomic E-state index is 12.4. The maximum absolute atomic E-state index is 12.4. The summed E-state index contributed by atoms with van der Waals surface area (Å²) in [4.78, 5) is 24.5. The van der Waals surface area contributed by atoms with Crippen LogP contribution in [0.5, 0.6) is 0 Å². The number of rotatable bonds is 4. The molecule has 0 spiro atoms. The molecule has 116 valence electrons. The third-order valence-corrected chi connectivity index (χ3v) is 3.78. The molecular weight excluding hydrogens is 306 g/mol. The molecule has 0 aliphatic carbocycles. The van der Waals surface area contributed by atoms with Gasteiger partial charge in [0.05, 0.1) is 10.7 Å². The van der Waals surface area contributed by atoms with Gasteiger partial charge in [0.1, 0.15) is 6.04 Å². The van der Waals surface area contributed by atoms with Gasteiger partial charge in [-0.3, -0.25) is 4.79 Å². The van der Waals surface area contributed by atoms with E-state index in [4.69, 9.17) is 16.7 Å². The highest BCUT2D eigenvalue weighted by Crippen LogP contribution is 2.21. The first kappa shape index (κ1) is 16.0. The highest BCUT2D eigenvalue weighted by Gasteiger charge is 2.26. The van der Waals surface area contributed by atoms with Gasteiger partial charge in [-0.15, -0.1) is 0 Å². The minimum Gasteiger partial charge on any atom is -0.480 e. The van der Waals surface area contributed by atoms with Gasteiger partial charge in [0.15, 0.2) is 5.69 Å². The monoisotopic (exact) mass is 321 g/mol. The van der Waals surface area contributed by atoms with Gasteiger partial charge in [0, 0.05) is 18.8 Å². The molecule has 0 saturated carbocycles.